The van der Waals surface area contributed by atoms with E-state index in [-0.39, 0.29) is 17.6 Å². The van der Waals surface area contributed by atoms with Crippen LogP contribution in [0.3, 0.4) is 0 Å². The van der Waals surface area contributed by atoms with Crippen molar-refractivity contribution >= 4 is 22.7 Å². The summed E-state index contributed by atoms with van der Waals surface area (Å²) in [6.45, 7) is 2.38. The first kappa shape index (κ1) is 21.6. The third-order valence-corrected chi connectivity index (χ3v) is 7.03. The highest BCUT2D eigenvalue weighted by Crippen LogP contribution is 2.31. The molecular weight excluding hydrogens is 414 g/mol. The van der Waals surface area contributed by atoms with E-state index >= 15 is 0 Å². The van der Waals surface area contributed by atoms with Gasteiger partial charge in [-0.25, -0.2) is 4.98 Å². The third-order valence-electron chi connectivity index (χ3n) is 7.03. The smallest absolute Gasteiger partial charge is 0.267 e. The molecule has 5 rings (SSSR count). The number of benzene rings is 1. The Morgan fingerprint density at radius 1 is 1.15 bits per heavy atom. The van der Waals surface area contributed by atoms with Gasteiger partial charge in [0.05, 0.1) is 11.7 Å². The van der Waals surface area contributed by atoms with Crippen molar-refractivity contribution in [1.82, 2.24) is 20.2 Å². The number of fused-ring (bicyclic) bond motifs is 1. The van der Waals surface area contributed by atoms with Gasteiger partial charge in [-0.05, 0) is 55.0 Å². The molecular formula is C26H31N5O2. The van der Waals surface area contributed by atoms with E-state index in [0.29, 0.717) is 12.5 Å². The van der Waals surface area contributed by atoms with Crippen molar-refractivity contribution in [3.05, 3.63) is 53.9 Å². The third kappa shape index (κ3) is 4.64. The summed E-state index contributed by atoms with van der Waals surface area (Å²) >= 11 is 0. The first-order valence-electron chi connectivity index (χ1n) is 12.0. The molecule has 1 aromatic carbocycles. The summed E-state index contributed by atoms with van der Waals surface area (Å²) in [5.41, 5.74) is 9.73. The summed E-state index contributed by atoms with van der Waals surface area (Å²) < 4.78 is 2.38. The summed E-state index contributed by atoms with van der Waals surface area (Å²) in [4.78, 5) is 28.1. The molecule has 33 heavy (non-hydrogen) atoms. The van der Waals surface area contributed by atoms with Crippen molar-refractivity contribution in [3.8, 4) is 11.3 Å². The van der Waals surface area contributed by atoms with Crippen LogP contribution in [0.25, 0.3) is 22.2 Å². The van der Waals surface area contributed by atoms with Crippen molar-refractivity contribution in [3.63, 3.8) is 0 Å². The Balaban J connectivity index is 1.49. The van der Waals surface area contributed by atoms with Crippen molar-refractivity contribution in [2.24, 2.45) is 11.7 Å². The van der Waals surface area contributed by atoms with Crippen molar-refractivity contribution in [2.45, 2.75) is 57.7 Å². The van der Waals surface area contributed by atoms with Gasteiger partial charge in [-0.1, -0.05) is 31.4 Å². The number of nitrogens with two attached hydrogens (primary N) is 1. The monoisotopic (exact) mass is 445 g/mol. The fourth-order valence-electron chi connectivity index (χ4n) is 5.22. The lowest BCUT2D eigenvalue weighted by Crippen LogP contribution is -2.35. The average Bonchev–Trinajstić information content (AvgIpc) is 3.41. The second kappa shape index (κ2) is 9.35. The number of carbonyl (C=O) groups is 2. The Morgan fingerprint density at radius 3 is 2.76 bits per heavy atom. The van der Waals surface area contributed by atoms with Crippen LogP contribution in [0.1, 0.15) is 54.6 Å². The van der Waals surface area contributed by atoms with Crippen LogP contribution in [-0.2, 0) is 17.9 Å². The Labute approximate surface area is 193 Å². The zero-order valence-electron chi connectivity index (χ0n) is 18.8. The molecule has 2 aromatic heterocycles. The SMILES string of the molecule is NC(=O)c1cccc(-c2ccc3c(c2)c(CNC2CCNC2=O)cn3CC2CCCCC2)n1. The van der Waals surface area contributed by atoms with Gasteiger partial charge in [0.25, 0.3) is 5.91 Å². The van der Waals surface area contributed by atoms with Crippen LogP contribution >= 0.6 is 0 Å². The van der Waals surface area contributed by atoms with Crippen molar-refractivity contribution in [1.29, 1.82) is 0 Å². The molecule has 3 heterocycles. The number of pyridine rings is 1. The number of carbonyl (C=O) groups excluding carboxylic acids is 2. The molecule has 1 aliphatic carbocycles. The molecule has 0 spiro atoms. The fraction of sp³-hybridized carbons (Fsp3) is 0.423. The Bertz CT molecular complexity index is 1180. The van der Waals surface area contributed by atoms with Crippen LogP contribution in [0.2, 0.25) is 0 Å². The molecule has 1 saturated carbocycles. The first-order chi connectivity index (χ1) is 16.1. The highest BCUT2D eigenvalue weighted by atomic mass is 16.2. The van der Waals surface area contributed by atoms with E-state index in [1.807, 2.05) is 12.1 Å². The average molecular weight is 446 g/mol. The van der Waals surface area contributed by atoms with E-state index in [1.165, 1.54) is 43.2 Å². The molecule has 1 atom stereocenters. The summed E-state index contributed by atoms with van der Waals surface area (Å²) in [5, 5.41) is 7.49. The maximum atomic E-state index is 12.0. The number of nitrogens with zero attached hydrogens (tertiary/aromatic N) is 2. The molecule has 3 aromatic rings. The lowest BCUT2D eigenvalue weighted by molar-refractivity contribution is -0.120. The number of amides is 2. The minimum Gasteiger partial charge on any atom is -0.364 e. The second-order valence-electron chi connectivity index (χ2n) is 9.33. The zero-order chi connectivity index (χ0) is 22.8. The Kier molecular flexibility index (Phi) is 6.13. The van der Waals surface area contributed by atoms with E-state index < -0.39 is 5.91 Å². The van der Waals surface area contributed by atoms with Crippen molar-refractivity contribution < 1.29 is 9.59 Å². The van der Waals surface area contributed by atoms with E-state index in [2.05, 4.69) is 44.6 Å². The molecule has 0 radical (unpaired) electrons. The number of hydrogen-bond acceptors (Lipinski definition) is 4. The summed E-state index contributed by atoms with van der Waals surface area (Å²) in [7, 11) is 0. The minimum absolute atomic E-state index is 0.0779. The second-order valence-corrected chi connectivity index (χ2v) is 9.33. The van der Waals surface area contributed by atoms with E-state index in [4.69, 9.17) is 5.73 Å². The highest BCUT2D eigenvalue weighted by molar-refractivity contribution is 5.92. The van der Waals surface area contributed by atoms with Crippen LogP contribution in [0, 0.1) is 5.92 Å². The lowest BCUT2D eigenvalue weighted by atomic mass is 9.89. The van der Waals surface area contributed by atoms with Gasteiger partial charge >= 0.3 is 0 Å². The Hall–Kier alpha value is -3.19. The summed E-state index contributed by atoms with van der Waals surface area (Å²) in [5.74, 6) is 0.259. The largest absolute Gasteiger partial charge is 0.364 e. The van der Waals surface area contributed by atoms with Gasteiger partial charge in [0.1, 0.15) is 5.69 Å². The van der Waals surface area contributed by atoms with Crippen LogP contribution in [0.15, 0.2) is 42.6 Å². The van der Waals surface area contributed by atoms with Gasteiger partial charge in [0, 0.05) is 42.3 Å². The van der Waals surface area contributed by atoms with Crippen LogP contribution in [-0.4, -0.2) is 34.0 Å². The number of rotatable bonds is 7. The molecule has 1 aliphatic heterocycles. The maximum Gasteiger partial charge on any atom is 0.267 e. The van der Waals surface area contributed by atoms with Gasteiger partial charge < -0.3 is 20.9 Å². The van der Waals surface area contributed by atoms with Gasteiger partial charge in [-0.2, -0.15) is 0 Å². The van der Waals surface area contributed by atoms with Crippen LogP contribution < -0.4 is 16.4 Å². The highest BCUT2D eigenvalue weighted by Gasteiger charge is 2.24. The fourth-order valence-corrected chi connectivity index (χ4v) is 5.22. The molecule has 0 bridgehead atoms. The maximum absolute atomic E-state index is 12.0. The molecule has 7 heteroatoms. The molecule has 2 aliphatic rings. The van der Waals surface area contributed by atoms with E-state index in [0.717, 1.165) is 36.2 Å². The molecule has 172 valence electrons. The molecule has 1 saturated heterocycles. The van der Waals surface area contributed by atoms with Crippen LogP contribution in [0.5, 0.6) is 0 Å². The van der Waals surface area contributed by atoms with Gasteiger partial charge in [-0.3, -0.25) is 9.59 Å². The topological polar surface area (TPSA) is 102 Å². The number of hydrogen-bond donors (Lipinski definition) is 3. The van der Waals surface area contributed by atoms with Crippen LogP contribution in [0.4, 0.5) is 0 Å². The molecule has 2 fully saturated rings. The van der Waals surface area contributed by atoms with Crippen molar-refractivity contribution in [2.75, 3.05) is 6.54 Å². The number of aromatic nitrogens is 2. The predicted molar refractivity (Wildman–Crippen MR) is 129 cm³/mol. The first-order valence-corrected chi connectivity index (χ1v) is 12.0. The quantitative estimate of drug-likeness (QED) is 0.519. The summed E-state index contributed by atoms with van der Waals surface area (Å²) in [6, 6.07) is 11.6. The lowest BCUT2D eigenvalue weighted by Gasteiger charge is -2.22. The van der Waals surface area contributed by atoms with Gasteiger partial charge in [0.15, 0.2) is 0 Å². The molecule has 2 amide bonds. The zero-order valence-corrected chi connectivity index (χ0v) is 18.8. The molecule has 1 unspecified atom stereocenters. The van der Waals surface area contributed by atoms with Gasteiger partial charge in [0.2, 0.25) is 5.91 Å². The normalized spacial score (nSPS) is 19.2. The summed E-state index contributed by atoms with van der Waals surface area (Å²) in [6.07, 6.45) is 9.63. The number of nitrogens with one attached hydrogen (secondary N) is 2. The molecule has 7 nitrogen and oxygen atoms in total. The predicted octanol–water partition coefficient (Wildman–Crippen LogP) is 3.36. The number of primary amides is 1. The standard InChI is InChI=1S/C26H31N5O2/c27-25(32)22-8-4-7-21(30-22)18-9-10-24-20(13-18)19(14-29-23-11-12-28-26(23)33)16-31(24)15-17-5-2-1-3-6-17/h4,7-10,13,16-17,23,29H,1-3,5-6,11-12,14-15H2,(H2,27,32)(H,28,33). The van der Waals surface area contributed by atoms with E-state index in [1.54, 1.807) is 6.07 Å². The minimum atomic E-state index is -0.531. The van der Waals surface area contributed by atoms with Gasteiger partial charge in [-0.15, -0.1) is 0 Å². The van der Waals surface area contributed by atoms with E-state index in [9.17, 15) is 9.59 Å². The molecule has 4 N–H and O–H groups in total. The Morgan fingerprint density at radius 2 is 2.00 bits per heavy atom.